The van der Waals surface area contributed by atoms with E-state index >= 15 is 0 Å². The Labute approximate surface area is 433 Å². The van der Waals surface area contributed by atoms with Crippen LogP contribution in [-0.4, -0.2) is 60.7 Å². The summed E-state index contributed by atoms with van der Waals surface area (Å²) in [5.74, 6) is 1.70. The van der Waals surface area contributed by atoms with Gasteiger partial charge in [0.15, 0.2) is 7.91 Å². The molecule has 6 N–H and O–H groups in total. The van der Waals surface area contributed by atoms with Crippen molar-refractivity contribution in [2.75, 3.05) is 10.6 Å². The van der Waals surface area contributed by atoms with Crippen molar-refractivity contribution >= 4 is 170 Å². The van der Waals surface area contributed by atoms with Gasteiger partial charge < -0.3 is 30.1 Å². The summed E-state index contributed by atoms with van der Waals surface area (Å²) < 4.78 is 19.2. The molecule has 0 saturated heterocycles. The molecule has 2 aliphatic rings. The second-order valence-electron chi connectivity index (χ2n) is 15.3. The fourth-order valence-electron chi connectivity index (χ4n) is 7.15. The van der Waals surface area contributed by atoms with Crippen LogP contribution < -0.4 is 20.1 Å². The van der Waals surface area contributed by atoms with Crippen LogP contribution in [0.3, 0.4) is 0 Å². The molecule has 0 atom stereocenters. The fourth-order valence-corrected chi connectivity index (χ4v) is 9.93. The third kappa shape index (κ3) is 12.0. The first kappa shape index (κ1) is 48.9. The highest BCUT2D eigenvalue weighted by atomic mass is 32.2. The number of anilines is 2. The van der Waals surface area contributed by atoms with Crippen LogP contribution in [0.4, 0.5) is 11.4 Å². The van der Waals surface area contributed by atoms with Crippen LogP contribution in [0.25, 0.3) is 52.8 Å². The van der Waals surface area contributed by atoms with E-state index in [2.05, 4.69) is 176 Å². The van der Waals surface area contributed by atoms with E-state index in [0.29, 0.717) is 19.9 Å². The van der Waals surface area contributed by atoms with Gasteiger partial charge in [0.05, 0.1) is 31.8 Å². The summed E-state index contributed by atoms with van der Waals surface area (Å²) in [6.45, 7) is 6.18. The van der Waals surface area contributed by atoms with Gasteiger partial charge in [0.1, 0.15) is 11.5 Å². The monoisotopic (exact) mass is 1060 g/mol. The summed E-state index contributed by atoms with van der Waals surface area (Å²) in [6, 6.07) is 39.4. The van der Waals surface area contributed by atoms with E-state index in [1.54, 1.807) is 46.1 Å². The van der Waals surface area contributed by atoms with Crippen LogP contribution in [0, 0.1) is 38.2 Å². The number of nitrogens with zero attached hydrogens (tertiary/aromatic N) is 6. The lowest BCUT2D eigenvalue weighted by atomic mass is 10.0. The third-order valence-electron chi connectivity index (χ3n) is 10.2. The molecule has 14 nitrogen and oxygen atoms in total. The number of benzene rings is 7. The average molecular weight is 1060 g/mol. The minimum absolute atomic E-state index is 0.417. The number of thiocarbonyl (C=S) groups is 2. The lowest BCUT2D eigenvalue weighted by Crippen LogP contribution is -2.20. The van der Waals surface area contributed by atoms with E-state index in [9.17, 15) is 0 Å². The summed E-state index contributed by atoms with van der Waals surface area (Å²) in [7, 11) is 3.50. The van der Waals surface area contributed by atoms with Crippen molar-refractivity contribution in [3.8, 4) is 11.5 Å². The van der Waals surface area contributed by atoms with E-state index in [-0.39, 0.29) is 0 Å². The molecule has 0 fully saturated rings. The molecule has 22 heteroatoms. The molecule has 6 heterocycles. The number of ether oxygens (including phenoxy) is 2. The Morgan fingerprint density at radius 3 is 1.54 bits per heavy atom. The molecule has 0 unspecified atom stereocenters. The molecule has 7 aromatic carbocycles. The normalized spacial score (nSPS) is 11.7. The van der Waals surface area contributed by atoms with Crippen LogP contribution in [-0.2, 0) is 14.1 Å². The molecular weight excluding hydrogens is 1020 g/mol. The van der Waals surface area contributed by atoms with Gasteiger partial charge in [-0.3, -0.25) is 0 Å². The van der Waals surface area contributed by atoms with E-state index in [1.165, 1.54) is 47.6 Å². The second-order valence-corrected chi connectivity index (χ2v) is 20.2. The van der Waals surface area contributed by atoms with Gasteiger partial charge in [0.25, 0.3) is 10.3 Å². The van der Waals surface area contributed by atoms with Crippen molar-refractivity contribution in [2.24, 2.45) is 14.1 Å². The van der Waals surface area contributed by atoms with Crippen molar-refractivity contribution in [3.63, 3.8) is 0 Å². The lowest BCUT2D eigenvalue weighted by Gasteiger charge is -2.20. The zero-order valence-corrected chi connectivity index (χ0v) is 43.8. The topological polar surface area (TPSA) is 167 Å². The molecule has 0 spiro atoms. The van der Waals surface area contributed by atoms with E-state index in [4.69, 9.17) is 58.3 Å². The molecule has 0 amide bonds. The number of tetrazole rings is 2. The maximum Gasteiger partial charge on any atom is 0.266 e. The Kier molecular flexibility index (Phi) is 15.5. The molecule has 0 aliphatic carbocycles. The number of aromatic amines is 4. The Morgan fingerprint density at radius 1 is 0.507 bits per heavy atom. The van der Waals surface area contributed by atoms with Gasteiger partial charge in [-0.1, -0.05) is 93.4 Å². The molecule has 4 aromatic heterocycles. The zero-order chi connectivity index (χ0) is 48.8. The Hall–Kier alpha value is -6.50. The standard InChI is InChI=1S/2C12H9NOS.C11H7NS2.C8H7NS2.2C2H4N4S/c2*1-7-5-8-3-2-4-9-11(8)10(6-7)14-12(15)13-9;13-11-12-10-8-4-2-1-3-7(8)5-6-9(10)14-11;1-5-2-3-7-6(4-5)9-8(10)11-7;2*1-6-2(7)3-4-5-6/h2*2-6H,1H3,(H,13,15);1-6H,(H,12,13);2-4H,1H3,(H,9,10);2*1H3,(H,3,5,7). The number of aryl methyl sites for hydroxylation is 5. The smallest absolute Gasteiger partial charge is 0.266 e. The van der Waals surface area contributed by atoms with E-state index in [0.717, 1.165) is 52.6 Å². The van der Waals surface area contributed by atoms with Gasteiger partial charge >= 0.3 is 0 Å². The Bertz CT molecular complexity index is 3780. The van der Waals surface area contributed by atoms with Crippen molar-refractivity contribution < 1.29 is 9.47 Å². The quantitative estimate of drug-likeness (QED) is 0.0794. The van der Waals surface area contributed by atoms with Gasteiger partial charge in [0, 0.05) is 30.3 Å². The maximum absolute atomic E-state index is 5.51. The molecule has 0 radical (unpaired) electrons. The Morgan fingerprint density at radius 2 is 1.01 bits per heavy atom. The first-order valence-corrected chi connectivity index (χ1v) is 24.8. The van der Waals surface area contributed by atoms with Gasteiger partial charge in [-0.2, -0.15) is 10.4 Å². The minimum atomic E-state index is 0.417. The number of rotatable bonds is 0. The van der Waals surface area contributed by atoms with Crippen LogP contribution >= 0.6 is 96.0 Å². The summed E-state index contributed by atoms with van der Waals surface area (Å²) in [5.41, 5.74) is 8.00. The number of thiazole rings is 2. The van der Waals surface area contributed by atoms with Crippen LogP contribution in [0.15, 0.2) is 115 Å². The van der Waals surface area contributed by atoms with Crippen molar-refractivity contribution in [1.29, 1.82) is 0 Å². The fraction of sp³-hybridized carbons (Fsp3) is 0.106. The third-order valence-corrected chi connectivity index (χ3v) is 13.7. The number of nitrogens with one attached hydrogen (secondary N) is 6. The van der Waals surface area contributed by atoms with Gasteiger partial charge in [-0.05, 0) is 169 Å². The van der Waals surface area contributed by atoms with Gasteiger partial charge in [0.2, 0.25) is 9.54 Å². The predicted molar refractivity (Wildman–Crippen MR) is 300 cm³/mol. The van der Waals surface area contributed by atoms with Gasteiger partial charge in [-0.25, -0.2) is 9.36 Å². The zero-order valence-electron chi connectivity index (χ0n) is 37.2. The van der Waals surface area contributed by atoms with Crippen LogP contribution in [0.5, 0.6) is 11.5 Å². The number of fused-ring (bicyclic) bond motifs is 4. The van der Waals surface area contributed by atoms with Crippen LogP contribution in [0.1, 0.15) is 16.7 Å². The second kappa shape index (κ2) is 21.9. The SMILES string of the molecule is Cc1cc2c3c(cccc3c1)NC(=S)O2.Cc1cc2c3c(cccc3c1)NC(=S)O2.Cc1ccc2sc(=S)[nH]c2c1.Cn1[nH]nnc1=S.Cn1[nH]nnc1=S.S=c1[nH]c2c(ccc3ccccc32)s1. The Balaban J connectivity index is 0.000000114. The number of hydrogen-bond acceptors (Lipinski definition) is 14. The highest BCUT2D eigenvalue weighted by Crippen LogP contribution is 2.38. The summed E-state index contributed by atoms with van der Waals surface area (Å²) in [5, 5.41) is 32.8. The van der Waals surface area contributed by atoms with Crippen molar-refractivity contribution in [2.45, 2.75) is 20.8 Å². The lowest BCUT2D eigenvalue weighted by molar-refractivity contribution is 0.565. The molecule has 348 valence electrons. The average Bonchev–Trinajstić information content (AvgIpc) is 4.10. The molecule has 13 rings (SSSR count). The first-order chi connectivity index (χ1) is 33.2. The van der Waals surface area contributed by atoms with Crippen LogP contribution in [0.2, 0.25) is 0 Å². The van der Waals surface area contributed by atoms with E-state index in [1.807, 2.05) is 36.4 Å². The van der Waals surface area contributed by atoms with Crippen molar-refractivity contribution in [1.82, 2.24) is 50.4 Å². The minimum Gasteiger partial charge on any atom is -0.431 e. The highest BCUT2D eigenvalue weighted by molar-refractivity contribution is 7.80. The highest BCUT2D eigenvalue weighted by Gasteiger charge is 2.17. The summed E-state index contributed by atoms with van der Waals surface area (Å²) >= 11 is 32.8. The summed E-state index contributed by atoms with van der Waals surface area (Å²) in [6.07, 6.45) is 0. The molecule has 11 aromatic rings. The summed E-state index contributed by atoms with van der Waals surface area (Å²) in [4.78, 5) is 6.37. The molecular formula is C47H40N12O2S8. The largest absolute Gasteiger partial charge is 0.431 e. The number of aromatic nitrogens is 10. The molecule has 2 aliphatic heterocycles. The number of hydrogen-bond donors (Lipinski definition) is 6. The maximum atomic E-state index is 5.51. The molecule has 0 saturated carbocycles. The molecule has 69 heavy (non-hydrogen) atoms. The number of H-pyrrole nitrogens is 4. The first-order valence-electron chi connectivity index (χ1n) is 20.7. The molecule has 0 bridgehead atoms. The predicted octanol–water partition coefficient (Wildman–Crippen LogP) is 13.6. The van der Waals surface area contributed by atoms with Crippen molar-refractivity contribution in [3.05, 3.63) is 149 Å². The van der Waals surface area contributed by atoms with Gasteiger partial charge in [-0.15, -0.1) is 22.7 Å². The van der Waals surface area contributed by atoms with E-state index < -0.39 is 0 Å².